The first kappa shape index (κ1) is 12.8. The molecular weight excluding hydrogens is 257 g/mol. The van der Waals surface area contributed by atoms with Gasteiger partial charge in [0.15, 0.2) is 0 Å². The van der Waals surface area contributed by atoms with Gasteiger partial charge in [-0.05, 0) is 20.0 Å². The molecule has 0 aromatic carbocycles. The van der Waals surface area contributed by atoms with Crippen LogP contribution >= 0.6 is 34.5 Å². The van der Waals surface area contributed by atoms with Gasteiger partial charge in [-0.25, -0.2) is 0 Å². The Balaban J connectivity index is 2.79. The summed E-state index contributed by atoms with van der Waals surface area (Å²) in [7, 11) is 1.74. The van der Waals surface area contributed by atoms with Crippen molar-refractivity contribution in [1.29, 1.82) is 0 Å². The molecule has 0 amide bonds. The van der Waals surface area contributed by atoms with Crippen molar-refractivity contribution in [2.75, 3.05) is 13.6 Å². The summed E-state index contributed by atoms with van der Waals surface area (Å²) in [6.45, 7) is 1.87. The molecule has 0 saturated carbocycles. The first-order chi connectivity index (χ1) is 6.91. The summed E-state index contributed by atoms with van der Waals surface area (Å²) in [4.78, 5) is 12.2. The van der Waals surface area contributed by atoms with E-state index in [9.17, 15) is 4.79 Å². The number of aliphatic carboxylic acids is 1. The maximum Gasteiger partial charge on any atom is 0.317 e. The highest BCUT2D eigenvalue weighted by molar-refractivity contribution is 7.20. The van der Waals surface area contributed by atoms with Gasteiger partial charge in [0.2, 0.25) is 0 Å². The van der Waals surface area contributed by atoms with E-state index in [-0.39, 0.29) is 12.6 Å². The number of carboxylic acid groups (broad SMARTS) is 1. The Labute approximate surface area is 102 Å². The molecule has 0 radical (unpaired) electrons. The lowest BCUT2D eigenvalue weighted by Gasteiger charge is -2.22. The Morgan fingerprint density at radius 3 is 2.67 bits per heavy atom. The van der Waals surface area contributed by atoms with E-state index in [1.165, 1.54) is 11.3 Å². The number of rotatable bonds is 4. The lowest BCUT2D eigenvalue weighted by Crippen LogP contribution is -2.28. The van der Waals surface area contributed by atoms with E-state index in [1.807, 2.05) is 6.92 Å². The zero-order chi connectivity index (χ0) is 11.6. The minimum absolute atomic E-state index is 0.0229. The number of hydrogen-bond donors (Lipinski definition) is 1. The SMILES string of the molecule is CC(c1cc(Cl)sc1Cl)N(C)CC(=O)O. The number of carbonyl (C=O) groups is 1. The van der Waals surface area contributed by atoms with Crippen molar-refractivity contribution in [3.8, 4) is 0 Å². The molecule has 1 heterocycles. The quantitative estimate of drug-likeness (QED) is 0.912. The Morgan fingerprint density at radius 2 is 2.27 bits per heavy atom. The van der Waals surface area contributed by atoms with Crippen LogP contribution < -0.4 is 0 Å². The van der Waals surface area contributed by atoms with Crippen LogP contribution in [0.5, 0.6) is 0 Å². The lowest BCUT2D eigenvalue weighted by molar-refractivity contribution is -0.138. The molecule has 0 fully saturated rings. The summed E-state index contributed by atoms with van der Waals surface area (Å²) in [6, 6.07) is 1.72. The van der Waals surface area contributed by atoms with Crippen molar-refractivity contribution in [3.05, 3.63) is 20.3 Å². The normalized spacial score (nSPS) is 13.1. The zero-order valence-corrected chi connectivity index (χ0v) is 10.7. The standard InChI is InChI=1S/C9H11Cl2NO2S/c1-5(12(2)4-8(13)14)6-3-7(10)15-9(6)11/h3,5H,4H2,1-2H3,(H,13,14). The minimum Gasteiger partial charge on any atom is -0.480 e. The summed E-state index contributed by atoms with van der Waals surface area (Å²) in [5.41, 5.74) is 0.871. The lowest BCUT2D eigenvalue weighted by atomic mass is 10.1. The first-order valence-electron chi connectivity index (χ1n) is 4.28. The number of likely N-dealkylation sites (N-methyl/N-ethyl adjacent to an activating group) is 1. The van der Waals surface area contributed by atoms with Crippen LogP contribution in [-0.2, 0) is 4.79 Å². The van der Waals surface area contributed by atoms with Crippen LogP contribution in [0.15, 0.2) is 6.07 Å². The summed E-state index contributed by atoms with van der Waals surface area (Å²) in [6.07, 6.45) is 0. The van der Waals surface area contributed by atoms with Gasteiger partial charge >= 0.3 is 5.97 Å². The van der Waals surface area contributed by atoms with Gasteiger partial charge < -0.3 is 5.11 Å². The highest BCUT2D eigenvalue weighted by Gasteiger charge is 2.18. The third-order valence-corrected chi connectivity index (χ3v) is 3.70. The number of thiophene rings is 1. The molecular formula is C9H11Cl2NO2S. The molecule has 0 bridgehead atoms. The van der Waals surface area contributed by atoms with E-state index >= 15 is 0 Å². The molecule has 0 aliphatic rings. The monoisotopic (exact) mass is 267 g/mol. The number of carboxylic acids is 1. The number of nitrogens with zero attached hydrogens (tertiary/aromatic N) is 1. The fourth-order valence-electron chi connectivity index (χ4n) is 1.23. The molecule has 1 rings (SSSR count). The molecule has 0 aliphatic heterocycles. The third kappa shape index (κ3) is 3.34. The Hall–Kier alpha value is -0.290. The van der Waals surface area contributed by atoms with Gasteiger partial charge in [0.1, 0.15) is 0 Å². The van der Waals surface area contributed by atoms with Gasteiger partial charge in [-0.1, -0.05) is 23.2 Å². The van der Waals surface area contributed by atoms with E-state index in [1.54, 1.807) is 18.0 Å². The molecule has 3 nitrogen and oxygen atoms in total. The zero-order valence-electron chi connectivity index (χ0n) is 8.33. The van der Waals surface area contributed by atoms with E-state index in [2.05, 4.69) is 0 Å². The Bertz CT molecular complexity index is 367. The van der Waals surface area contributed by atoms with Gasteiger partial charge in [0.25, 0.3) is 0 Å². The summed E-state index contributed by atoms with van der Waals surface area (Å²) < 4.78 is 1.23. The predicted molar refractivity (Wildman–Crippen MR) is 63.0 cm³/mol. The molecule has 1 aromatic rings. The van der Waals surface area contributed by atoms with Crippen molar-refractivity contribution < 1.29 is 9.90 Å². The van der Waals surface area contributed by atoms with E-state index in [0.29, 0.717) is 8.67 Å². The molecule has 0 spiro atoms. The smallest absolute Gasteiger partial charge is 0.317 e. The molecule has 15 heavy (non-hydrogen) atoms. The van der Waals surface area contributed by atoms with Crippen molar-refractivity contribution in [2.24, 2.45) is 0 Å². The molecule has 1 N–H and O–H groups in total. The molecule has 1 aromatic heterocycles. The van der Waals surface area contributed by atoms with Crippen LogP contribution in [0.3, 0.4) is 0 Å². The second-order valence-corrected chi connectivity index (χ2v) is 5.55. The predicted octanol–water partition coefficient (Wildman–Crippen LogP) is 3.13. The van der Waals surface area contributed by atoms with Gasteiger partial charge in [-0.2, -0.15) is 0 Å². The van der Waals surface area contributed by atoms with Crippen molar-refractivity contribution in [3.63, 3.8) is 0 Å². The minimum atomic E-state index is -0.859. The molecule has 6 heteroatoms. The Morgan fingerprint density at radius 1 is 1.67 bits per heavy atom. The maximum atomic E-state index is 10.5. The average molecular weight is 268 g/mol. The van der Waals surface area contributed by atoms with Gasteiger partial charge in [0.05, 0.1) is 15.2 Å². The highest BCUT2D eigenvalue weighted by Crippen LogP contribution is 2.36. The van der Waals surface area contributed by atoms with E-state index in [4.69, 9.17) is 28.3 Å². The fraction of sp³-hybridized carbons (Fsp3) is 0.444. The first-order valence-corrected chi connectivity index (χ1v) is 5.85. The summed E-state index contributed by atoms with van der Waals surface area (Å²) >= 11 is 13.1. The third-order valence-electron chi connectivity index (χ3n) is 2.18. The number of halogens is 2. The van der Waals surface area contributed by atoms with E-state index in [0.717, 1.165) is 5.56 Å². The van der Waals surface area contributed by atoms with Crippen LogP contribution in [-0.4, -0.2) is 29.6 Å². The highest BCUT2D eigenvalue weighted by atomic mass is 35.5. The van der Waals surface area contributed by atoms with Gasteiger partial charge in [0, 0.05) is 11.6 Å². The van der Waals surface area contributed by atoms with Crippen LogP contribution in [0.1, 0.15) is 18.5 Å². The molecule has 0 aliphatic carbocycles. The topological polar surface area (TPSA) is 40.5 Å². The van der Waals surface area contributed by atoms with Crippen LogP contribution in [0.4, 0.5) is 0 Å². The number of hydrogen-bond acceptors (Lipinski definition) is 3. The Kier molecular flexibility index (Phi) is 4.40. The molecule has 1 unspecified atom stereocenters. The van der Waals surface area contributed by atoms with Gasteiger partial charge in [-0.15, -0.1) is 11.3 Å². The van der Waals surface area contributed by atoms with Crippen molar-refractivity contribution >= 4 is 40.5 Å². The second-order valence-electron chi connectivity index (χ2n) is 3.26. The molecule has 1 atom stereocenters. The van der Waals surface area contributed by atoms with Gasteiger partial charge in [-0.3, -0.25) is 9.69 Å². The molecule has 84 valence electrons. The molecule has 0 saturated heterocycles. The second kappa shape index (κ2) is 5.16. The fourth-order valence-corrected chi connectivity index (χ4v) is 2.86. The van der Waals surface area contributed by atoms with Crippen LogP contribution in [0.2, 0.25) is 8.67 Å². The van der Waals surface area contributed by atoms with E-state index < -0.39 is 5.97 Å². The largest absolute Gasteiger partial charge is 0.480 e. The summed E-state index contributed by atoms with van der Waals surface area (Å²) in [5, 5.41) is 8.66. The van der Waals surface area contributed by atoms with Crippen molar-refractivity contribution in [1.82, 2.24) is 4.90 Å². The van der Waals surface area contributed by atoms with Crippen LogP contribution in [0, 0.1) is 0 Å². The summed E-state index contributed by atoms with van der Waals surface area (Å²) in [5.74, 6) is -0.859. The maximum absolute atomic E-state index is 10.5. The van der Waals surface area contributed by atoms with Crippen LogP contribution in [0.25, 0.3) is 0 Å². The average Bonchev–Trinajstić information content (AvgIpc) is 2.42. The van der Waals surface area contributed by atoms with Crippen molar-refractivity contribution in [2.45, 2.75) is 13.0 Å².